The zero-order valence-corrected chi connectivity index (χ0v) is 18.2. The zero-order valence-electron chi connectivity index (χ0n) is 16.6. The number of phenolic OH excluding ortho intramolecular Hbond substituents is 1. The lowest BCUT2D eigenvalue weighted by molar-refractivity contribution is 0.102. The molecule has 0 unspecified atom stereocenters. The van der Waals surface area contributed by atoms with Crippen LogP contribution < -0.4 is 0 Å². The molecule has 4 heteroatoms. The van der Waals surface area contributed by atoms with Gasteiger partial charge in [-0.05, 0) is 97.5 Å². The predicted octanol–water partition coefficient (Wildman–Crippen LogP) is 6.54. The molecule has 2 nitrogen and oxygen atoms in total. The number of phenols is 1. The maximum atomic E-state index is 9.92. The van der Waals surface area contributed by atoms with Crippen LogP contribution in [0.15, 0.2) is 48.5 Å². The molecule has 3 aromatic rings. The molecule has 3 aliphatic carbocycles. The first-order valence-electron chi connectivity index (χ1n) is 10.7. The van der Waals surface area contributed by atoms with Crippen molar-refractivity contribution in [1.29, 1.82) is 0 Å². The van der Waals surface area contributed by atoms with Crippen molar-refractivity contribution in [3.63, 3.8) is 0 Å². The molecule has 148 valence electrons. The van der Waals surface area contributed by atoms with Crippen molar-refractivity contribution in [2.45, 2.75) is 50.4 Å². The van der Waals surface area contributed by atoms with Gasteiger partial charge in [-0.2, -0.15) is 0 Å². The van der Waals surface area contributed by atoms with Gasteiger partial charge in [0.15, 0.2) is 3.95 Å². The van der Waals surface area contributed by atoms with Crippen molar-refractivity contribution in [3.05, 3.63) is 74.2 Å². The normalized spacial score (nSPS) is 29.6. The minimum Gasteiger partial charge on any atom is -0.508 e. The van der Waals surface area contributed by atoms with Gasteiger partial charge in [0.05, 0.1) is 0 Å². The molecule has 1 N–H and O–H groups in total. The van der Waals surface area contributed by atoms with E-state index in [-0.39, 0.29) is 5.41 Å². The van der Waals surface area contributed by atoms with Crippen LogP contribution in [-0.4, -0.2) is 9.67 Å². The number of aryl methyl sites for hydroxylation is 1. The number of hydrogen-bond donors (Lipinski definition) is 1. The molecule has 0 bridgehead atoms. The van der Waals surface area contributed by atoms with Gasteiger partial charge < -0.3 is 5.11 Å². The van der Waals surface area contributed by atoms with Crippen LogP contribution in [0.4, 0.5) is 0 Å². The molecule has 0 spiro atoms. The van der Waals surface area contributed by atoms with E-state index in [0.717, 1.165) is 16.3 Å². The largest absolute Gasteiger partial charge is 0.508 e. The first-order valence-corrected chi connectivity index (χ1v) is 11.9. The van der Waals surface area contributed by atoms with Crippen LogP contribution in [0, 0.1) is 15.8 Å². The molecule has 2 aromatic carbocycles. The van der Waals surface area contributed by atoms with Gasteiger partial charge >= 0.3 is 0 Å². The van der Waals surface area contributed by atoms with Crippen LogP contribution in [-0.2, 0) is 18.3 Å². The van der Waals surface area contributed by atoms with Gasteiger partial charge in [-0.15, -0.1) is 11.3 Å². The molecule has 29 heavy (non-hydrogen) atoms. The predicted molar refractivity (Wildman–Crippen MR) is 121 cm³/mol. The minimum atomic E-state index is 0.203. The van der Waals surface area contributed by atoms with E-state index in [0.29, 0.717) is 17.6 Å². The molecule has 0 radical (unpaired) electrons. The first-order chi connectivity index (χ1) is 14.1. The van der Waals surface area contributed by atoms with Gasteiger partial charge in [0.1, 0.15) is 5.75 Å². The number of benzene rings is 2. The van der Waals surface area contributed by atoms with E-state index in [1.54, 1.807) is 0 Å². The summed E-state index contributed by atoms with van der Waals surface area (Å²) in [5.41, 5.74) is 5.78. The monoisotopic (exact) mass is 419 g/mol. The number of thiazole rings is 1. The summed E-state index contributed by atoms with van der Waals surface area (Å²) in [4.78, 5) is 1.52. The lowest BCUT2D eigenvalue weighted by Crippen LogP contribution is -2.44. The molecule has 0 amide bonds. The van der Waals surface area contributed by atoms with Gasteiger partial charge in [0.2, 0.25) is 0 Å². The fourth-order valence-corrected chi connectivity index (χ4v) is 8.38. The molecule has 1 fully saturated rings. The number of nitrogens with zero attached hydrogens (tertiary/aromatic N) is 1. The van der Waals surface area contributed by atoms with Crippen LogP contribution >= 0.6 is 23.6 Å². The Morgan fingerprint density at radius 2 is 1.97 bits per heavy atom. The summed E-state index contributed by atoms with van der Waals surface area (Å²) in [5, 5.41) is 9.92. The second-order valence-electron chi connectivity index (χ2n) is 9.27. The van der Waals surface area contributed by atoms with Crippen molar-refractivity contribution in [3.8, 4) is 11.4 Å². The summed E-state index contributed by atoms with van der Waals surface area (Å²) in [6.45, 7) is 2.51. The maximum Gasteiger partial charge on any atom is 0.166 e. The number of para-hydroxylation sites is 1. The Labute approximate surface area is 180 Å². The second-order valence-corrected chi connectivity index (χ2v) is 11.0. The summed E-state index contributed by atoms with van der Waals surface area (Å²) in [6, 6.07) is 16.8. The van der Waals surface area contributed by atoms with E-state index in [2.05, 4.69) is 47.9 Å². The Bertz CT molecular complexity index is 1160. The third-order valence-electron chi connectivity index (χ3n) is 7.94. The van der Waals surface area contributed by atoms with Gasteiger partial charge in [-0.25, -0.2) is 0 Å². The highest BCUT2D eigenvalue weighted by Gasteiger charge is 2.54. The third-order valence-corrected chi connectivity index (χ3v) is 9.34. The Hall–Kier alpha value is -1.91. The van der Waals surface area contributed by atoms with Gasteiger partial charge in [0.25, 0.3) is 0 Å². The SMILES string of the molecule is C[C@]12CC[C@@H]3c4ccc(O)cc4CC[C@H]3[C@@H]1Cc1sc(=S)n(-c3ccccc3)c12. The van der Waals surface area contributed by atoms with Gasteiger partial charge in [-0.1, -0.05) is 31.2 Å². The highest BCUT2D eigenvalue weighted by molar-refractivity contribution is 7.73. The molecule has 1 aromatic heterocycles. The number of fused-ring (bicyclic) bond motifs is 7. The van der Waals surface area contributed by atoms with Gasteiger partial charge in [-0.3, -0.25) is 4.57 Å². The van der Waals surface area contributed by atoms with E-state index in [1.807, 2.05) is 23.5 Å². The number of rotatable bonds is 1. The molecule has 1 saturated carbocycles. The van der Waals surface area contributed by atoms with Crippen LogP contribution in [0.25, 0.3) is 5.69 Å². The highest BCUT2D eigenvalue weighted by Crippen LogP contribution is 2.61. The van der Waals surface area contributed by atoms with E-state index in [4.69, 9.17) is 12.2 Å². The van der Waals surface area contributed by atoms with Crippen molar-refractivity contribution >= 4 is 23.6 Å². The maximum absolute atomic E-state index is 9.92. The average molecular weight is 420 g/mol. The summed E-state index contributed by atoms with van der Waals surface area (Å²) in [5.74, 6) is 2.46. The summed E-state index contributed by atoms with van der Waals surface area (Å²) >= 11 is 7.66. The number of hydrogen-bond acceptors (Lipinski definition) is 3. The average Bonchev–Trinajstić information content (AvgIpc) is 3.20. The molecular formula is C25H25NOS2. The molecule has 3 aliphatic rings. The first kappa shape index (κ1) is 17.9. The number of aromatic nitrogens is 1. The fraction of sp³-hybridized carbons (Fsp3) is 0.400. The summed E-state index contributed by atoms with van der Waals surface area (Å²) in [6.07, 6.45) is 5.95. The van der Waals surface area contributed by atoms with Crippen molar-refractivity contribution in [1.82, 2.24) is 4.57 Å². The van der Waals surface area contributed by atoms with Crippen LogP contribution in [0.1, 0.15) is 53.8 Å². The summed E-state index contributed by atoms with van der Waals surface area (Å²) < 4.78 is 3.37. The Morgan fingerprint density at radius 1 is 1.14 bits per heavy atom. The molecule has 0 aliphatic heterocycles. The molecule has 0 saturated heterocycles. The number of aromatic hydroxyl groups is 1. The molecule has 4 atom stereocenters. The standard InChI is InChI=1S/C25H25NOS2/c1-25-12-11-19-18-10-8-17(27)13-15(18)7-9-20(19)21(25)14-22-23(25)26(24(28)29-22)16-5-3-2-4-6-16/h2-6,8,10,13,19-21,27H,7,9,11-12,14H2,1H3/t19-,20-,21+,25+/m1/s1. The van der Waals surface area contributed by atoms with Crippen molar-refractivity contribution in [2.24, 2.45) is 11.8 Å². The minimum absolute atomic E-state index is 0.203. The van der Waals surface area contributed by atoms with E-state index in [1.165, 1.54) is 53.1 Å². The lowest BCUT2D eigenvalue weighted by Gasteiger charge is -2.49. The Morgan fingerprint density at radius 3 is 2.79 bits per heavy atom. The molecule has 1 heterocycles. The topological polar surface area (TPSA) is 25.2 Å². The van der Waals surface area contributed by atoms with Crippen LogP contribution in [0.5, 0.6) is 5.75 Å². The van der Waals surface area contributed by atoms with E-state index >= 15 is 0 Å². The third kappa shape index (κ3) is 2.48. The Kier molecular flexibility index (Phi) is 3.89. The van der Waals surface area contributed by atoms with Crippen molar-refractivity contribution in [2.75, 3.05) is 0 Å². The second kappa shape index (κ2) is 6.29. The molecular weight excluding hydrogens is 394 g/mol. The van der Waals surface area contributed by atoms with E-state index < -0.39 is 0 Å². The zero-order chi connectivity index (χ0) is 19.8. The van der Waals surface area contributed by atoms with Crippen molar-refractivity contribution < 1.29 is 5.11 Å². The van der Waals surface area contributed by atoms with Crippen LogP contribution in [0.2, 0.25) is 0 Å². The Balaban J connectivity index is 1.44. The smallest absolute Gasteiger partial charge is 0.166 e. The lowest BCUT2D eigenvalue weighted by atomic mass is 9.55. The van der Waals surface area contributed by atoms with Gasteiger partial charge in [0, 0.05) is 21.7 Å². The molecule has 6 rings (SSSR count). The quantitative estimate of drug-likeness (QED) is 0.453. The van der Waals surface area contributed by atoms with Crippen LogP contribution in [0.3, 0.4) is 0 Å². The van der Waals surface area contributed by atoms with E-state index in [9.17, 15) is 5.11 Å². The summed E-state index contributed by atoms with van der Waals surface area (Å²) in [7, 11) is 0. The fourth-order valence-electron chi connectivity index (χ4n) is 6.70. The highest BCUT2D eigenvalue weighted by atomic mass is 32.1.